The van der Waals surface area contributed by atoms with E-state index >= 15 is 0 Å². The number of benzene rings is 1. The summed E-state index contributed by atoms with van der Waals surface area (Å²) in [6.45, 7) is 0. The molecule has 2 rings (SSSR count). The summed E-state index contributed by atoms with van der Waals surface area (Å²) in [5, 5.41) is 3.25. The second-order valence-corrected chi connectivity index (χ2v) is 6.24. The Kier molecular flexibility index (Phi) is 4.47. The molecule has 0 saturated heterocycles. The molecule has 0 aliphatic carbocycles. The lowest BCUT2D eigenvalue weighted by Crippen LogP contribution is -2.17. The van der Waals surface area contributed by atoms with Crippen LogP contribution in [0, 0.1) is 0 Å². The standard InChI is InChI=1S/C12H10Br3NO/c1-16-11(12-10(15)2-3-17-12)7-4-8(13)6-9(14)5-7/h2-6,11,16H,1H3. The van der Waals surface area contributed by atoms with E-state index in [9.17, 15) is 0 Å². The molecule has 1 atom stereocenters. The van der Waals surface area contributed by atoms with Gasteiger partial charge in [0.2, 0.25) is 0 Å². The van der Waals surface area contributed by atoms with Crippen LogP contribution in [0.3, 0.4) is 0 Å². The molecular weight excluding hydrogens is 414 g/mol. The van der Waals surface area contributed by atoms with Gasteiger partial charge in [-0.3, -0.25) is 0 Å². The third kappa shape index (κ3) is 3.02. The summed E-state index contributed by atoms with van der Waals surface area (Å²) in [6, 6.07) is 8.06. The van der Waals surface area contributed by atoms with Crippen molar-refractivity contribution in [1.82, 2.24) is 5.32 Å². The van der Waals surface area contributed by atoms with Crippen LogP contribution in [0.15, 0.2) is 48.4 Å². The molecule has 0 spiro atoms. The Morgan fingerprint density at radius 2 is 1.76 bits per heavy atom. The van der Waals surface area contributed by atoms with E-state index in [0.29, 0.717) is 0 Å². The molecule has 0 saturated carbocycles. The van der Waals surface area contributed by atoms with Crippen molar-refractivity contribution in [2.24, 2.45) is 0 Å². The van der Waals surface area contributed by atoms with Gasteiger partial charge in [-0.15, -0.1) is 0 Å². The fourth-order valence-electron chi connectivity index (χ4n) is 1.70. The van der Waals surface area contributed by atoms with Crippen LogP contribution in [-0.2, 0) is 0 Å². The smallest absolute Gasteiger partial charge is 0.139 e. The van der Waals surface area contributed by atoms with Crippen LogP contribution in [0.4, 0.5) is 0 Å². The van der Waals surface area contributed by atoms with Crippen molar-refractivity contribution in [3.8, 4) is 0 Å². The Hall–Kier alpha value is -0.100. The van der Waals surface area contributed by atoms with E-state index in [-0.39, 0.29) is 6.04 Å². The van der Waals surface area contributed by atoms with Gasteiger partial charge in [0.1, 0.15) is 5.76 Å². The topological polar surface area (TPSA) is 25.2 Å². The highest BCUT2D eigenvalue weighted by atomic mass is 79.9. The average Bonchev–Trinajstić information content (AvgIpc) is 2.65. The van der Waals surface area contributed by atoms with Crippen molar-refractivity contribution in [3.63, 3.8) is 0 Å². The normalized spacial score (nSPS) is 12.7. The first-order chi connectivity index (χ1) is 8.11. The molecular formula is C12H10Br3NO. The van der Waals surface area contributed by atoms with Gasteiger partial charge in [-0.2, -0.15) is 0 Å². The van der Waals surface area contributed by atoms with Gasteiger partial charge in [0.25, 0.3) is 0 Å². The van der Waals surface area contributed by atoms with E-state index < -0.39 is 0 Å². The minimum atomic E-state index is 0.0215. The minimum absolute atomic E-state index is 0.0215. The first-order valence-corrected chi connectivity index (χ1v) is 7.36. The third-order valence-electron chi connectivity index (χ3n) is 2.41. The maximum Gasteiger partial charge on any atom is 0.139 e. The van der Waals surface area contributed by atoms with E-state index in [4.69, 9.17) is 4.42 Å². The van der Waals surface area contributed by atoms with Gasteiger partial charge in [0.05, 0.1) is 16.8 Å². The van der Waals surface area contributed by atoms with Crippen molar-refractivity contribution in [3.05, 3.63) is 55.3 Å². The molecule has 0 fully saturated rings. The summed E-state index contributed by atoms with van der Waals surface area (Å²) < 4.78 is 8.54. The molecule has 0 aliphatic heterocycles. The number of nitrogens with one attached hydrogen (secondary N) is 1. The highest BCUT2D eigenvalue weighted by Crippen LogP contribution is 2.32. The molecule has 5 heteroatoms. The van der Waals surface area contributed by atoms with Gasteiger partial charge in [-0.05, 0) is 52.8 Å². The summed E-state index contributed by atoms with van der Waals surface area (Å²) in [6.07, 6.45) is 1.68. The van der Waals surface area contributed by atoms with Gasteiger partial charge in [0, 0.05) is 8.95 Å². The first kappa shape index (κ1) is 13.3. The Morgan fingerprint density at radius 1 is 1.12 bits per heavy atom. The van der Waals surface area contributed by atoms with Crippen molar-refractivity contribution in [2.75, 3.05) is 7.05 Å². The fraction of sp³-hybridized carbons (Fsp3) is 0.167. The molecule has 0 amide bonds. The number of rotatable bonds is 3. The van der Waals surface area contributed by atoms with Crippen LogP contribution in [0.25, 0.3) is 0 Å². The molecule has 1 aromatic carbocycles. The Bertz CT molecular complexity index is 504. The first-order valence-electron chi connectivity index (χ1n) is 4.98. The second-order valence-electron chi connectivity index (χ2n) is 3.56. The molecule has 1 N–H and O–H groups in total. The second kappa shape index (κ2) is 5.69. The molecule has 1 aromatic heterocycles. The molecule has 2 nitrogen and oxygen atoms in total. The van der Waals surface area contributed by atoms with Gasteiger partial charge in [-0.1, -0.05) is 31.9 Å². The van der Waals surface area contributed by atoms with E-state index in [2.05, 4.69) is 65.2 Å². The van der Waals surface area contributed by atoms with Crippen molar-refractivity contribution in [1.29, 1.82) is 0 Å². The van der Waals surface area contributed by atoms with Crippen LogP contribution in [0.1, 0.15) is 17.4 Å². The zero-order valence-electron chi connectivity index (χ0n) is 9.01. The van der Waals surface area contributed by atoms with Crippen LogP contribution < -0.4 is 5.32 Å². The van der Waals surface area contributed by atoms with Crippen LogP contribution in [0.2, 0.25) is 0 Å². The molecule has 0 radical (unpaired) electrons. The zero-order chi connectivity index (χ0) is 12.4. The van der Waals surface area contributed by atoms with Gasteiger partial charge < -0.3 is 9.73 Å². The SMILES string of the molecule is CNC(c1cc(Br)cc(Br)c1)c1occc1Br. The number of furan rings is 1. The fourth-order valence-corrected chi connectivity index (χ4v) is 3.46. The van der Waals surface area contributed by atoms with Crippen molar-refractivity contribution in [2.45, 2.75) is 6.04 Å². The Morgan fingerprint density at radius 3 is 2.24 bits per heavy atom. The lowest BCUT2D eigenvalue weighted by atomic mass is 10.1. The summed E-state index contributed by atoms with van der Waals surface area (Å²) >= 11 is 10.5. The highest BCUT2D eigenvalue weighted by molar-refractivity contribution is 9.11. The molecule has 1 unspecified atom stereocenters. The molecule has 1 heterocycles. The Balaban J connectivity index is 2.45. The van der Waals surface area contributed by atoms with E-state index in [1.807, 2.05) is 19.2 Å². The predicted octanol–water partition coefficient (Wildman–Crippen LogP) is 4.88. The van der Waals surface area contributed by atoms with Crippen LogP contribution >= 0.6 is 47.8 Å². The summed E-state index contributed by atoms with van der Waals surface area (Å²) in [7, 11) is 1.91. The largest absolute Gasteiger partial charge is 0.466 e. The number of hydrogen-bond donors (Lipinski definition) is 1. The quantitative estimate of drug-likeness (QED) is 0.761. The predicted molar refractivity (Wildman–Crippen MR) is 79.2 cm³/mol. The van der Waals surface area contributed by atoms with Gasteiger partial charge in [0.15, 0.2) is 0 Å². The van der Waals surface area contributed by atoms with E-state index in [1.165, 1.54) is 0 Å². The van der Waals surface area contributed by atoms with Crippen molar-refractivity contribution < 1.29 is 4.42 Å². The zero-order valence-corrected chi connectivity index (χ0v) is 13.8. The average molecular weight is 424 g/mol. The van der Waals surface area contributed by atoms with E-state index in [1.54, 1.807) is 6.26 Å². The Labute approximate surface area is 125 Å². The van der Waals surface area contributed by atoms with Crippen LogP contribution in [0.5, 0.6) is 0 Å². The molecule has 0 bridgehead atoms. The van der Waals surface area contributed by atoms with Gasteiger partial charge >= 0.3 is 0 Å². The third-order valence-corrected chi connectivity index (χ3v) is 3.98. The highest BCUT2D eigenvalue weighted by Gasteiger charge is 2.18. The van der Waals surface area contributed by atoms with E-state index in [0.717, 1.165) is 24.7 Å². The maximum absolute atomic E-state index is 5.51. The molecule has 90 valence electrons. The molecule has 2 aromatic rings. The van der Waals surface area contributed by atoms with Crippen LogP contribution in [-0.4, -0.2) is 7.05 Å². The number of hydrogen-bond acceptors (Lipinski definition) is 2. The lowest BCUT2D eigenvalue weighted by molar-refractivity contribution is 0.461. The monoisotopic (exact) mass is 421 g/mol. The minimum Gasteiger partial charge on any atom is -0.466 e. The van der Waals surface area contributed by atoms with Crippen molar-refractivity contribution >= 4 is 47.8 Å². The maximum atomic E-state index is 5.51. The molecule has 0 aliphatic rings. The molecule has 17 heavy (non-hydrogen) atoms. The number of halogens is 3. The summed E-state index contributed by atoms with van der Waals surface area (Å²) in [5.41, 5.74) is 1.13. The van der Waals surface area contributed by atoms with Gasteiger partial charge in [-0.25, -0.2) is 0 Å². The summed E-state index contributed by atoms with van der Waals surface area (Å²) in [4.78, 5) is 0. The summed E-state index contributed by atoms with van der Waals surface area (Å²) in [5.74, 6) is 0.873. The lowest BCUT2D eigenvalue weighted by Gasteiger charge is -2.15.